The van der Waals surface area contributed by atoms with Crippen molar-refractivity contribution < 1.29 is 14.1 Å². The first-order valence-corrected chi connectivity index (χ1v) is 6.30. The van der Waals surface area contributed by atoms with Crippen molar-refractivity contribution in [2.24, 2.45) is 0 Å². The molecule has 0 bridgehead atoms. The molecule has 0 aliphatic carbocycles. The summed E-state index contributed by atoms with van der Waals surface area (Å²) in [5.41, 5.74) is 0.603. The lowest BCUT2D eigenvalue weighted by atomic mass is 10.2. The van der Waals surface area contributed by atoms with Gasteiger partial charge < -0.3 is 4.52 Å². The average molecular weight is 271 g/mol. The molecule has 6 heteroatoms. The third-order valence-electron chi connectivity index (χ3n) is 3.17. The number of nitrogens with zero attached hydrogens (tertiary/aromatic N) is 2. The molecule has 1 aliphatic rings. The van der Waals surface area contributed by atoms with Gasteiger partial charge in [-0.2, -0.15) is 0 Å². The minimum Gasteiger partial charge on any atom is -0.360 e. The molecular formula is C14H13N3O3. The van der Waals surface area contributed by atoms with E-state index < -0.39 is 6.04 Å². The van der Waals surface area contributed by atoms with Gasteiger partial charge in [0, 0.05) is 6.07 Å². The van der Waals surface area contributed by atoms with E-state index in [-0.39, 0.29) is 18.2 Å². The Morgan fingerprint density at radius 1 is 1.25 bits per heavy atom. The second-order valence-corrected chi connectivity index (χ2v) is 4.52. The summed E-state index contributed by atoms with van der Waals surface area (Å²) in [4.78, 5) is 25.5. The lowest BCUT2D eigenvalue weighted by Gasteiger charge is -2.15. The Labute approximate surface area is 115 Å². The second-order valence-electron chi connectivity index (χ2n) is 4.52. The Morgan fingerprint density at radius 3 is 2.75 bits per heavy atom. The molecule has 2 amide bonds. The van der Waals surface area contributed by atoms with E-state index in [0.717, 1.165) is 0 Å². The smallest absolute Gasteiger partial charge is 0.251 e. The van der Waals surface area contributed by atoms with Crippen molar-refractivity contribution in [3.8, 4) is 0 Å². The molecule has 0 saturated carbocycles. The molecule has 1 saturated heterocycles. The Morgan fingerprint density at radius 2 is 2.05 bits per heavy atom. The largest absolute Gasteiger partial charge is 0.360 e. The first kappa shape index (κ1) is 12.6. The molecule has 3 rings (SSSR count). The summed E-state index contributed by atoms with van der Waals surface area (Å²) >= 11 is 0. The lowest BCUT2D eigenvalue weighted by molar-refractivity contribution is -0.121. The van der Waals surface area contributed by atoms with E-state index in [4.69, 9.17) is 4.52 Å². The number of hydrogen-bond donors (Lipinski definition) is 1. The van der Waals surface area contributed by atoms with Crippen LogP contribution in [-0.2, 0) is 16.1 Å². The van der Waals surface area contributed by atoms with Gasteiger partial charge in [0.2, 0.25) is 5.91 Å². The van der Waals surface area contributed by atoms with Gasteiger partial charge in [-0.1, -0.05) is 23.4 Å². The van der Waals surface area contributed by atoms with Crippen molar-refractivity contribution in [1.82, 2.24) is 10.5 Å². The van der Waals surface area contributed by atoms with Crippen molar-refractivity contribution >= 4 is 17.5 Å². The zero-order valence-electron chi connectivity index (χ0n) is 10.7. The van der Waals surface area contributed by atoms with Crippen molar-refractivity contribution in [2.75, 3.05) is 4.90 Å². The zero-order chi connectivity index (χ0) is 13.9. The number of rotatable bonds is 4. The first-order chi connectivity index (χ1) is 9.75. The van der Waals surface area contributed by atoms with Crippen LogP contribution in [0.4, 0.5) is 5.69 Å². The van der Waals surface area contributed by atoms with Crippen LogP contribution < -0.4 is 10.2 Å². The molecule has 1 atom stereocenters. The highest BCUT2D eigenvalue weighted by Crippen LogP contribution is 2.22. The van der Waals surface area contributed by atoms with Crippen LogP contribution in [0.5, 0.6) is 0 Å². The van der Waals surface area contributed by atoms with E-state index in [2.05, 4.69) is 10.5 Å². The molecular weight excluding hydrogens is 258 g/mol. The summed E-state index contributed by atoms with van der Waals surface area (Å²) in [6.07, 6.45) is 1.69. The van der Waals surface area contributed by atoms with Gasteiger partial charge in [-0.05, 0) is 12.1 Å². The van der Waals surface area contributed by atoms with E-state index in [1.54, 1.807) is 30.3 Å². The number of amides is 2. The van der Waals surface area contributed by atoms with Crippen LogP contribution >= 0.6 is 0 Å². The van der Waals surface area contributed by atoms with E-state index >= 15 is 0 Å². The number of carbonyl (C=O) groups is 2. The minimum absolute atomic E-state index is 0.155. The molecule has 2 heterocycles. The summed E-state index contributed by atoms with van der Waals surface area (Å²) in [5.74, 6) is 0.195. The molecule has 0 radical (unpaired) electrons. The minimum atomic E-state index is -0.521. The number of imide groups is 1. The summed E-state index contributed by atoms with van der Waals surface area (Å²) in [7, 11) is 0. The molecule has 1 fully saturated rings. The number of benzene rings is 1. The van der Waals surface area contributed by atoms with Crippen molar-refractivity contribution in [3.63, 3.8) is 0 Å². The maximum atomic E-state index is 12.3. The molecule has 0 spiro atoms. The van der Waals surface area contributed by atoms with E-state index in [0.29, 0.717) is 18.0 Å². The van der Waals surface area contributed by atoms with Gasteiger partial charge in [-0.3, -0.25) is 14.9 Å². The highest BCUT2D eigenvalue weighted by Gasteiger charge is 2.39. The number of anilines is 1. The van der Waals surface area contributed by atoms with Crippen LogP contribution in [0.3, 0.4) is 0 Å². The van der Waals surface area contributed by atoms with Crippen LogP contribution in [0.2, 0.25) is 0 Å². The second kappa shape index (κ2) is 5.26. The summed E-state index contributed by atoms with van der Waals surface area (Å²) in [6, 6.07) is 10.1. The molecule has 102 valence electrons. The number of hydrogen-bond acceptors (Lipinski definition) is 5. The van der Waals surface area contributed by atoms with Crippen LogP contribution in [0, 0.1) is 0 Å². The van der Waals surface area contributed by atoms with Crippen molar-refractivity contribution in [1.29, 1.82) is 0 Å². The number of para-hydroxylation sites is 1. The molecule has 1 N–H and O–H groups in total. The van der Waals surface area contributed by atoms with Gasteiger partial charge in [-0.15, -0.1) is 0 Å². The number of nitrogens with one attached hydrogen (secondary N) is 1. The number of aromatic nitrogens is 1. The fourth-order valence-corrected chi connectivity index (χ4v) is 2.20. The predicted octanol–water partition coefficient (Wildman–Crippen LogP) is 1.10. The predicted molar refractivity (Wildman–Crippen MR) is 70.7 cm³/mol. The lowest BCUT2D eigenvalue weighted by Crippen LogP contribution is -2.38. The van der Waals surface area contributed by atoms with E-state index in [9.17, 15) is 9.59 Å². The Bertz CT molecular complexity index is 610. The number of carbonyl (C=O) groups excluding carboxylic acids is 2. The molecule has 1 aromatic heterocycles. The quantitative estimate of drug-likeness (QED) is 0.843. The monoisotopic (exact) mass is 271 g/mol. The summed E-state index contributed by atoms with van der Waals surface area (Å²) < 4.78 is 4.94. The molecule has 1 aliphatic heterocycles. The van der Waals surface area contributed by atoms with E-state index in [1.165, 1.54) is 11.1 Å². The summed E-state index contributed by atoms with van der Waals surface area (Å²) in [6.45, 7) is 0.367. The average Bonchev–Trinajstić information content (AvgIpc) is 3.06. The summed E-state index contributed by atoms with van der Waals surface area (Å²) in [5, 5.41) is 6.60. The molecule has 1 unspecified atom stereocenters. The van der Waals surface area contributed by atoms with Crippen LogP contribution in [0.15, 0.2) is 47.1 Å². The highest BCUT2D eigenvalue weighted by molar-refractivity contribution is 6.22. The van der Waals surface area contributed by atoms with Crippen molar-refractivity contribution in [3.05, 3.63) is 48.4 Å². The first-order valence-electron chi connectivity index (χ1n) is 6.30. The fraction of sp³-hybridized carbons (Fsp3) is 0.214. The van der Waals surface area contributed by atoms with Gasteiger partial charge >= 0.3 is 0 Å². The fourth-order valence-electron chi connectivity index (χ4n) is 2.20. The zero-order valence-corrected chi connectivity index (χ0v) is 10.7. The standard InChI is InChI=1S/C14H13N3O3/c18-13-8-12(15-9-11-6-7-16-20-11)14(19)17(13)10-4-2-1-3-5-10/h1-7,12,15H,8-9H2. The Kier molecular flexibility index (Phi) is 3.30. The van der Waals surface area contributed by atoms with Crippen LogP contribution in [-0.4, -0.2) is 23.0 Å². The maximum Gasteiger partial charge on any atom is 0.251 e. The molecule has 1 aromatic carbocycles. The van der Waals surface area contributed by atoms with E-state index in [1.807, 2.05) is 6.07 Å². The van der Waals surface area contributed by atoms with Gasteiger partial charge in [0.1, 0.15) is 5.76 Å². The third-order valence-corrected chi connectivity index (χ3v) is 3.17. The molecule has 2 aromatic rings. The van der Waals surface area contributed by atoms with Gasteiger partial charge in [0.25, 0.3) is 5.91 Å². The van der Waals surface area contributed by atoms with Gasteiger partial charge in [0.15, 0.2) is 0 Å². The van der Waals surface area contributed by atoms with Gasteiger partial charge in [0.05, 0.1) is 30.9 Å². The maximum absolute atomic E-state index is 12.3. The van der Waals surface area contributed by atoms with Crippen LogP contribution in [0.1, 0.15) is 12.2 Å². The highest BCUT2D eigenvalue weighted by atomic mass is 16.5. The molecule has 6 nitrogen and oxygen atoms in total. The Balaban J connectivity index is 1.70. The molecule has 20 heavy (non-hydrogen) atoms. The normalized spacial score (nSPS) is 18.8. The topological polar surface area (TPSA) is 75.4 Å². The third kappa shape index (κ3) is 2.33. The van der Waals surface area contributed by atoms with Gasteiger partial charge in [-0.25, -0.2) is 4.90 Å². The Hall–Kier alpha value is -2.47. The SMILES string of the molecule is O=C1CC(NCc2ccno2)C(=O)N1c1ccccc1. The van der Waals surface area contributed by atoms with Crippen molar-refractivity contribution in [2.45, 2.75) is 19.0 Å². The van der Waals surface area contributed by atoms with Crippen LogP contribution in [0.25, 0.3) is 0 Å².